The summed E-state index contributed by atoms with van der Waals surface area (Å²) in [7, 11) is 0. The summed E-state index contributed by atoms with van der Waals surface area (Å²) in [6.07, 6.45) is 20.8. The van der Waals surface area contributed by atoms with Crippen LogP contribution in [0.3, 0.4) is 0 Å². The molecule has 0 aromatic heterocycles. The molecule has 0 spiro atoms. The van der Waals surface area contributed by atoms with Crippen molar-refractivity contribution in [3.05, 3.63) is 47.5 Å². The fourth-order valence-corrected chi connectivity index (χ4v) is 9.43. The first kappa shape index (κ1) is 33.8. The van der Waals surface area contributed by atoms with E-state index in [1.54, 1.807) is 11.1 Å². The van der Waals surface area contributed by atoms with Crippen LogP contribution < -0.4 is 0 Å². The highest BCUT2D eigenvalue weighted by atomic mass is 19.1. The van der Waals surface area contributed by atoms with Crippen LogP contribution in [-0.4, -0.2) is 6.17 Å². The van der Waals surface area contributed by atoms with Crippen LogP contribution in [0.2, 0.25) is 0 Å². The molecule has 6 unspecified atom stereocenters. The largest absolute Gasteiger partial charge is 0.247 e. The summed E-state index contributed by atoms with van der Waals surface area (Å²) >= 11 is 0. The number of rotatable bonds is 12. The third-order valence-electron chi connectivity index (χ3n) is 12.4. The Morgan fingerprint density at radius 1 is 0.881 bits per heavy atom. The van der Waals surface area contributed by atoms with E-state index in [0.29, 0.717) is 35.0 Å². The van der Waals surface area contributed by atoms with Gasteiger partial charge in [-0.1, -0.05) is 129 Å². The molecule has 0 saturated heterocycles. The number of hydrogen-bond donors (Lipinski definition) is 0. The fourth-order valence-electron chi connectivity index (χ4n) is 9.43. The van der Waals surface area contributed by atoms with Gasteiger partial charge in [0.05, 0.1) is 0 Å². The van der Waals surface area contributed by atoms with Gasteiger partial charge in [-0.2, -0.15) is 0 Å². The van der Waals surface area contributed by atoms with E-state index < -0.39 is 6.17 Å². The van der Waals surface area contributed by atoms with Crippen molar-refractivity contribution in [3.8, 4) is 0 Å². The van der Waals surface area contributed by atoms with Crippen LogP contribution in [0.5, 0.6) is 0 Å². The van der Waals surface area contributed by atoms with Crippen molar-refractivity contribution in [1.29, 1.82) is 0 Å². The van der Waals surface area contributed by atoms with Crippen molar-refractivity contribution in [1.82, 2.24) is 0 Å². The Labute approximate surface area is 261 Å². The van der Waals surface area contributed by atoms with Gasteiger partial charge in [-0.05, 0) is 122 Å². The minimum atomic E-state index is -0.603. The molecule has 4 rings (SSSR count). The highest BCUT2D eigenvalue weighted by Gasteiger charge is 2.40. The molecule has 238 valence electrons. The molecular formula is C41H67F. The lowest BCUT2D eigenvalue weighted by molar-refractivity contribution is 0.108. The van der Waals surface area contributed by atoms with Gasteiger partial charge in [0.15, 0.2) is 0 Å². The number of alkyl halides is 1. The van der Waals surface area contributed by atoms with Crippen molar-refractivity contribution in [2.75, 3.05) is 0 Å². The Hall–Kier alpha value is -1.11. The van der Waals surface area contributed by atoms with E-state index in [9.17, 15) is 4.39 Å². The highest BCUT2D eigenvalue weighted by molar-refractivity contribution is 5.24. The molecule has 0 aliphatic heterocycles. The summed E-state index contributed by atoms with van der Waals surface area (Å²) < 4.78 is 15.0. The van der Waals surface area contributed by atoms with Crippen LogP contribution in [0.4, 0.5) is 4.39 Å². The molecule has 0 N–H and O–H groups in total. The molecule has 8 atom stereocenters. The summed E-state index contributed by atoms with van der Waals surface area (Å²) in [6.45, 7) is 16.9. The van der Waals surface area contributed by atoms with E-state index in [2.05, 4.69) is 84.9 Å². The van der Waals surface area contributed by atoms with Gasteiger partial charge >= 0.3 is 0 Å². The van der Waals surface area contributed by atoms with Gasteiger partial charge in [-0.25, -0.2) is 4.39 Å². The van der Waals surface area contributed by atoms with Crippen LogP contribution in [-0.2, 0) is 0 Å². The lowest BCUT2D eigenvalue weighted by Gasteiger charge is -2.44. The Morgan fingerprint density at radius 2 is 1.60 bits per heavy atom. The maximum atomic E-state index is 15.0. The molecule has 1 heteroatoms. The second kappa shape index (κ2) is 15.8. The zero-order valence-electron chi connectivity index (χ0n) is 28.7. The zero-order chi connectivity index (χ0) is 30.3. The third-order valence-corrected chi connectivity index (χ3v) is 12.4. The first-order valence-corrected chi connectivity index (χ1v) is 18.5. The third kappa shape index (κ3) is 9.44. The topological polar surface area (TPSA) is 0 Å². The van der Waals surface area contributed by atoms with E-state index >= 15 is 0 Å². The Morgan fingerprint density at radius 3 is 2.24 bits per heavy atom. The normalized spacial score (nSPS) is 33.0. The number of allylic oxidation sites excluding steroid dienone is 2. The molecule has 0 radical (unpaired) electrons. The molecule has 0 heterocycles. The van der Waals surface area contributed by atoms with Crippen molar-refractivity contribution >= 4 is 0 Å². The fraction of sp³-hybridized carbons (Fsp3) is 0.805. The summed E-state index contributed by atoms with van der Waals surface area (Å²) in [5.74, 6) is 6.58. The second-order valence-corrected chi connectivity index (χ2v) is 16.7. The molecule has 0 nitrogen and oxygen atoms in total. The van der Waals surface area contributed by atoms with E-state index in [-0.39, 0.29) is 0 Å². The van der Waals surface area contributed by atoms with Crippen LogP contribution in [0.25, 0.3) is 0 Å². The van der Waals surface area contributed by atoms with Crippen LogP contribution in [0, 0.1) is 52.8 Å². The van der Waals surface area contributed by atoms with Gasteiger partial charge in [-0.3, -0.25) is 0 Å². The second-order valence-electron chi connectivity index (χ2n) is 16.7. The Balaban J connectivity index is 1.62. The Bertz CT molecular complexity index is 931. The van der Waals surface area contributed by atoms with E-state index in [1.165, 1.54) is 77.0 Å². The first-order chi connectivity index (χ1) is 20.1. The van der Waals surface area contributed by atoms with Crippen molar-refractivity contribution in [2.24, 2.45) is 52.8 Å². The number of halogens is 1. The smallest absolute Gasteiger partial charge is 0.101 e. The molecular weight excluding hydrogens is 511 g/mol. The van der Waals surface area contributed by atoms with Crippen molar-refractivity contribution in [2.45, 2.75) is 157 Å². The van der Waals surface area contributed by atoms with E-state index in [1.807, 2.05) is 0 Å². The first-order valence-electron chi connectivity index (χ1n) is 18.5. The molecule has 3 aliphatic carbocycles. The van der Waals surface area contributed by atoms with Gasteiger partial charge < -0.3 is 0 Å². The van der Waals surface area contributed by atoms with Crippen LogP contribution in [0.15, 0.2) is 42.0 Å². The van der Waals surface area contributed by atoms with Gasteiger partial charge in [-0.15, -0.1) is 0 Å². The van der Waals surface area contributed by atoms with E-state index in [4.69, 9.17) is 0 Å². The minimum Gasteiger partial charge on any atom is -0.247 e. The molecule has 1 aromatic rings. The molecule has 1 aromatic carbocycles. The summed E-state index contributed by atoms with van der Waals surface area (Å²) in [6, 6.07) is 11.5. The molecule has 2 fully saturated rings. The SMILES string of the molecule is CCC(CC1CCC(C)CC1)CC1CC(C2C[C@H](F)CCC2[C@@H](C)CC)=CCC1C(CCC(C)(C)C)c1ccccc1. The van der Waals surface area contributed by atoms with Crippen molar-refractivity contribution in [3.63, 3.8) is 0 Å². The summed E-state index contributed by atoms with van der Waals surface area (Å²) in [4.78, 5) is 0. The van der Waals surface area contributed by atoms with Gasteiger partial charge in [0, 0.05) is 0 Å². The van der Waals surface area contributed by atoms with E-state index in [0.717, 1.165) is 42.9 Å². The predicted octanol–water partition coefficient (Wildman–Crippen LogP) is 13.0. The van der Waals surface area contributed by atoms with Gasteiger partial charge in [0.2, 0.25) is 0 Å². The lowest BCUT2D eigenvalue weighted by atomic mass is 9.61. The summed E-state index contributed by atoms with van der Waals surface area (Å²) in [5, 5.41) is 0. The molecule has 0 bridgehead atoms. The average Bonchev–Trinajstić information content (AvgIpc) is 2.98. The summed E-state index contributed by atoms with van der Waals surface area (Å²) in [5.41, 5.74) is 3.57. The Kier molecular flexibility index (Phi) is 12.7. The van der Waals surface area contributed by atoms with Gasteiger partial charge in [0.1, 0.15) is 6.17 Å². The number of benzene rings is 1. The number of hydrogen-bond acceptors (Lipinski definition) is 0. The average molecular weight is 579 g/mol. The standard InChI is InChI=1S/C41H67F/c1-8-30(4)37-22-20-36(42)28-40(37)34-19-21-38(39(23-24-41(5,6)7)33-13-11-10-12-14-33)35(27-34)26-31(9-2)25-32-17-15-29(3)16-18-32/h10-14,19,29-32,35-40H,8-9,15-18,20-28H2,1-7H3/t29?,30-,31?,32?,35?,36+,37?,38?,39?,40?/m0/s1. The van der Waals surface area contributed by atoms with Crippen LogP contribution >= 0.6 is 0 Å². The molecule has 3 aliphatic rings. The van der Waals surface area contributed by atoms with Crippen LogP contribution in [0.1, 0.15) is 156 Å². The maximum Gasteiger partial charge on any atom is 0.101 e. The highest BCUT2D eigenvalue weighted by Crippen LogP contribution is 2.51. The molecule has 42 heavy (non-hydrogen) atoms. The van der Waals surface area contributed by atoms with Crippen molar-refractivity contribution < 1.29 is 4.39 Å². The monoisotopic (exact) mass is 579 g/mol. The molecule has 2 saturated carbocycles. The lowest BCUT2D eigenvalue weighted by Crippen LogP contribution is -2.35. The maximum absolute atomic E-state index is 15.0. The zero-order valence-corrected chi connectivity index (χ0v) is 28.7. The minimum absolute atomic E-state index is 0.351. The van der Waals surface area contributed by atoms with Gasteiger partial charge in [0.25, 0.3) is 0 Å². The predicted molar refractivity (Wildman–Crippen MR) is 181 cm³/mol. The molecule has 0 amide bonds. The quantitative estimate of drug-likeness (QED) is 0.216.